The van der Waals surface area contributed by atoms with Gasteiger partial charge in [0.15, 0.2) is 5.13 Å². The number of nitrogens with one attached hydrogen (secondary N) is 1. The third kappa shape index (κ3) is 2.25. The SMILES string of the molecule is Cc1nc(N)sc1C(=O)N1Cc2[nH]cnc2CC1C(=O)O. The van der Waals surface area contributed by atoms with Gasteiger partial charge < -0.3 is 20.7 Å². The van der Waals surface area contributed by atoms with Gasteiger partial charge in [-0.15, -0.1) is 0 Å². The molecule has 0 bridgehead atoms. The minimum atomic E-state index is -1.05. The summed E-state index contributed by atoms with van der Waals surface area (Å²) in [5.41, 5.74) is 7.57. The number of aryl methyl sites for hydroxylation is 1. The summed E-state index contributed by atoms with van der Waals surface area (Å²) in [7, 11) is 0. The van der Waals surface area contributed by atoms with E-state index in [0.717, 1.165) is 17.0 Å². The van der Waals surface area contributed by atoms with Gasteiger partial charge in [0.2, 0.25) is 0 Å². The highest BCUT2D eigenvalue weighted by Gasteiger charge is 2.37. The lowest BCUT2D eigenvalue weighted by atomic mass is 10.0. The van der Waals surface area contributed by atoms with Crippen molar-refractivity contribution in [3.63, 3.8) is 0 Å². The average molecular weight is 307 g/mol. The molecule has 1 aliphatic heterocycles. The molecule has 21 heavy (non-hydrogen) atoms. The number of aliphatic carboxylic acids is 1. The molecule has 0 fully saturated rings. The Bertz CT molecular complexity index is 722. The van der Waals surface area contributed by atoms with E-state index in [1.54, 1.807) is 6.92 Å². The summed E-state index contributed by atoms with van der Waals surface area (Å²) in [5, 5.41) is 9.67. The van der Waals surface area contributed by atoms with Gasteiger partial charge in [-0.05, 0) is 6.92 Å². The molecule has 0 saturated carbocycles. The number of aromatic amines is 1. The van der Waals surface area contributed by atoms with Crippen LogP contribution in [0.2, 0.25) is 0 Å². The molecular weight excluding hydrogens is 294 g/mol. The predicted octanol–water partition coefficient (Wildman–Crippen LogP) is 0.409. The van der Waals surface area contributed by atoms with Crippen LogP contribution in [0.5, 0.6) is 0 Å². The van der Waals surface area contributed by atoms with Gasteiger partial charge in [0.25, 0.3) is 5.91 Å². The molecule has 1 amide bonds. The molecule has 110 valence electrons. The number of thiazole rings is 1. The molecule has 3 rings (SSSR count). The highest BCUT2D eigenvalue weighted by molar-refractivity contribution is 7.17. The van der Waals surface area contributed by atoms with Crippen LogP contribution in [0, 0.1) is 6.92 Å². The number of aromatic nitrogens is 3. The number of nitrogen functional groups attached to an aromatic ring is 1. The molecule has 9 heteroatoms. The largest absolute Gasteiger partial charge is 0.480 e. The van der Waals surface area contributed by atoms with Gasteiger partial charge in [0.1, 0.15) is 10.9 Å². The molecular formula is C12H13N5O3S. The summed E-state index contributed by atoms with van der Waals surface area (Å²) in [6.45, 7) is 1.86. The van der Waals surface area contributed by atoms with Gasteiger partial charge in [-0.3, -0.25) is 4.79 Å². The number of carboxylic acid groups (broad SMARTS) is 1. The zero-order chi connectivity index (χ0) is 15.1. The number of rotatable bonds is 2. The molecule has 8 nitrogen and oxygen atoms in total. The second-order valence-electron chi connectivity index (χ2n) is 4.79. The van der Waals surface area contributed by atoms with Crippen molar-refractivity contribution < 1.29 is 14.7 Å². The maximum atomic E-state index is 12.6. The first-order chi connectivity index (χ1) is 9.97. The summed E-state index contributed by atoms with van der Waals surface area (Å²) in [4.78, 5) is 36.8. The number of carbonyl (C=O) groups excluding carboxylic acids is 1. The van der Waals surface area contributed by atoms with Crippen molar-refractivity contribution in [3.05, 3.63) is 28.3 Å². The highest BCUT2D eigenvalue weighted by Crippen LogP contribution is 2.27. The van der Waals surface area contributed by atoms with Gasteiger partial charge in [0, 0.05) is 6.42 Å². The highest BCUT2D eigenvalue weighted by atomic mass is 32.1. The maximum Gasteiger partial charge on any atom is 0.326 e. The first kappa shape index (κ1) is 13.6. The Labute approximate surface area is 123 Å². The van der Waals surface area contributed by atoms with Crippen molar-refractivity contribution in [2.24, 2.45) is 0 Å². The van der Waals surface area contributed by atoms with E-state index in [0.29, 0.717) is 21.4 Å². The summed E-state index contributed by atoms with van der Waals surface area (Å²) in [5.74, 6) is -1.42. The number of amides is 1. The number of nitrogens with two attached hydrogens (primary N) is 1. The van der Waals surface area contributed by atoms with E-state index >= 15 is 0 Å². The van der Waals surface area contributed by atoms with Crippen molar-refractivity contribution in [3.8, 4) is 0 Å². The lowest BCUT2D eigenvalue weighted by molar-refractivity contribution is -0.142. The molecule has 0 radical (unpaired) electrons. The second kappa shape index (κ2) is 4.85. The zero-order valence-electron chi connectivity index (χ0n) is 11.2. The van der Waals surface area contributed by atoms with Gasteiger partial charge in [-0.2, -0.15) is 0 Å². The Kier molecular flexibility index (Phi) is 3.13. The number of hydrogen-bond donors (Lipinski definition) is 3. The second-order valence-corrected chi connectivity index (χ2v) is 5.82. The fourth-order valence-electron chi connectivity index (χ4n) is 2.42. The Morgan fingerprint density at radius 1 is 1.57 bits per heavy atom. The molecule has 0 spiro atoms. The van der Waals surface area contributed by atoms with Crippen LogP contribution in [0.1, 0.15) is 26.8 Å². The van der Waals surface area contributed by atoms with Crippen molar-refractivity contribution >= 4 is 28.3 Å². The number of nitrogens with zero attached hydrogens (tertiary/aromatic N) is 3. The quantitative estimate of drug-likeness (QED) is 0.738. The first-order valence-electron chi connectivity index (χ1n) is 6.25. The van der Waals surface area contributed by atoms with Crippen LogP contribution in [0.4, 0.5) is 5.13 Å². The van der Waals surface area contributed by atoms with E-state index in [9.17, 15) is 14.7 Å². The maximum absolute atomic E-state index is 12.6. The Balaban J connectivity index is 1.97. The monoisotopic (exact) mass is 307 g/mol. The Hall–Kier alpha value is -2.42. The van der Waals surface area contributed by atoms with E-state index < -0.39 is 12.0 Å². The normalized spacial score (nSPS) is 17.6. The molecule has 4 N–H and O–H groups in total. The number of imidazole rings is 1. The topological polar surface area (TPSA) is 125 Å². The molecule has 0 aromatic carbocycles. The fraction of sp³-hybridized carbons (Fsp3) is 0.333. The summed E-state index contributed by atoms with van der Waals surface area (Å²) < 4.78 is 0. The first-order valence-corrected chi connectivity index (χ1v) is 7.07. The molecule has 0 saturated heterocycles. The molecule has 1 aliphatic rings. The van der Waals surface area contributed by atoms with Gasteiger partial charge >= 0.3 is 5.97 Å². The number of hydrogen-bond acceptors (Lipinski definition) is 6. The molecule has 1 unspecified atom stereocenters. The van der Waals surface area contributed by atoms with Crippen LogP contribution in [0.25, 0.3) is 0 Å². The molecule has 2 aromatic rings. The van der Waals surface area contributed by atoms with Gasteiger partial charge in [-0.1, -0.05) is 11.3 Å². The number of anilines is 1. The standard InChI is InChI=1S/C12H13N5O3S/c1-5-9(21-12(13)16-5)10(18)17-3-7-6(14-4-15-7)2-8(17)11(19)20/h4,8H,2-3H2,1H3,(H2,13,16)(H,14,15)(H,19,20). The van der Waals surface area contributed by atoms with E-state index in [1.165, 1.54) is 11.2 Å². The molecule has 2 aromatic heterocycles. The zero-order valence-corrected chi connectivity index (χ0v) is 12.0. The fourth-order valence-corrected chi connectivity index (χ4v) is 3.21. The average Bonchev–Trinajstić information content (AvgIpc) is 3.01. The number of carboxylic acids is 1. The van der Waals surface area contributed by atoms with E-state index in [1.807, 2.05) is 0 Å². The molecule has 1 atom stereocenters. The van der Waals surface area contributed by atoms with Crippen LogP contribution < -0.4 is 5.73 Å². The smallest absolute Gasteiger partial charge is 0.326 e. The number of fused-ring (bicyclic) bond motifs is 1. The van der Waals surface area contributed by atoms with E-state index in [4.69, 9.17) is 5.73 Å². The minimum Gasteiger partial charge on any atom is -0.480 e. The summed E-state index contributed by atoms with van der Waals surface area (Å²) in [6.07, 6.45) is 1.70. The number of H-pyrrole nitrogens is 1. The van der Waals surface area contributed by atoms with E-state index in [2.05, 4.69) is 15.0 Å². The predicted molar refractivity (Wildman–Crippen MR) is 74.9 cm³/mol. The van der Waals surface area contributed by atoms with Crippen molar-refractivity contribution in [2.45, 2.75) is 25.9 Å². The number of carbonyl (C=O) groups is 2. The molecule has 0 aliphatic carbocycles. The lowest BCUT2D eigenvalue weighted by Crippen LogP contribution is -2.48. The lowest BCUT2D eigenvalue weighted by Gasteiger charge is -2.32. The van der Waals surface area contributed by atoms with E-state index in [-0.39, 0.29) is 18.9 Å². The van der Waals surface area contributed by atoms with Crippen LogP contribution >= 0.6 is 11.3 Å². The third-order valence-electron chi connectivity index (χ3n) is 3.45. The van der Waals surface area contributed by atoms with Crippen molar-refractivity contribution in [1.29, 1.82) is 0 Å². The molecule has 3 heterocycles. The van der Waals surface area contributed by atoms with Crippen LogP contribution in [0.3, 0.4) is 0 Å². The van der Waals surface area contributed by atoms with Gasteiger partial charge in [0.05, 0.1) is 30.0 Å². The van der Waals surface area contributed by atoms with Crippen LogP contribution in [-0.4, -0.2) is 42.9 Å². The minimum absolute atomic E-state index is 0.183. The van der Waals surface area contributed by atoms with Crippen molar-refractivity contribution in [1.82, 2.24) is 19.9 Å². The third-order valence-corrected chi connectivity index (χ3v) is 4.43. The van der Waals surface area contributed by atoms with Crippen molar-refractivity contribution in [2.75, 3.05) is 5.73 Å². The Morgan fingerprint density at radius 3 is 2.95 bits per heavy atom. The Morgan fingerprint density at radius 2 is 2.33 bits per heavy atom. The van der Waals surface area contributed by atoms with Crippen LogP contribution in [-0.2, 0) is 17.8 Å². The summed E-state index contributed by atoms with van der Waals surface area (Å²) >= 11 is 1.07. The summed E-state index contributed by atoms with van der Waals surface area (Å²) in [6, 6.07) is -0.934. The van der Waals surface area contributed by atoms with Crippen LogP contribution in [0.15, 0.2) is 6.33 Å². The van der Waals surface area contributed by atoms with Gasteiger partial charge in [-0.25, -0.2) is 14.8 Å².